The van der Waals surface area contributed by atoms with Crippen LogP contribution in [0.5, 0.6) is 0 Å². The quantitative estimate of drug-likeness (QED) is 0.785. The normalized spacial score (nSPS) is 21.3. The molecule has 0 spiro atoms. The summed E-state index contributed by atoms with van der Waals surface area (Å²) in [7, 11) is 0. The molecule has 1 unspecified atom stereocenters. The molecule has 0 bridgehead atoms. The highest BCUT2D eigenvalue weighted by molar-refractivity contribution is 9.09. The largest absolute Gasteiger partial charge is 0.288 e. The molecule has 5 heteroatoms. The molecule has 17 heavy (non-hydrogen) atoms. The number of nitrogens with zero attached hydrogens (tertiary/aromatic N) is 2. The van der Waals surface area contributed by atoms with Crippen LogP contribution in [-0.4, -0.2) is 22.8 Å². The first-order chi connectivity index (χ1) is 7.91. The Morgan fingerprint density at radius 3 is 2.76 bits per heavy atom. The molecule has 2 rings (SSSR count). The van der Waals surface area contributed by atoms with Gasteiger partial charge in [-0.2, -0.15) is 0 Å². The van der Waals surface area contributed by atoms with Crippen molar-refractivity contribution in [2.45, 2.75) is 32.6 Å². The number of hydrogen-bond donors (Lipinski definition) is 0. The van der Waals surface area contributed by atoms with E-state index >= 15 is 0 Å². The molecule has 1 aliphatic heterocycles. The van der Waals surface area contributed by atoms with Crippen molar-refractivity contribution in [2.24, 2.45) is 5.92 Å². The van der Waals surface area contributed by atoms with Crippen LogP contribution in [0.4, 0.5) is 5.13 Å². The Balaban J connectivity index is 2.19. The van der Waals surface area contributed by atoms with Gasteiger partial charge >= 0.3 is 0 Å². The number of carbonyl (C=O) groups excluding carboxylic acids is 1. The number of carbonyl (C=O) groups is 1. The third-order valence-electron chi connectivity index (χ3n) is 2.91. The Labute approximate surface area is 114 Å². The molecule has 0 saturated carbocycles. The summed E-state index contributed by atoms with van der Waals surface area (Å²) in [4.78, 5) is 18.3. The molecule has 0 N–H and O–H groups in total. The van der Waals surface area contributed by atoms with Crippen molar-refractivity contribution in [1.29, 1.82) is 0 Å². The zero-order valence-electron chi connectivity index (χ0n) is 10.4. The highest BCUT2D eigenvalue weighted by Gasteiger charge is 2.32. The van der Waals surface area contributed by atoms with E-state index in [1.807, 2.05) is 4.90 Å². The minimum atomic E-state index is 0.0480. The van der Waals surface area contributed by atoms with Gasteiger partial charge in [-0.15, -0.1) is 11.3 Å². The molecule has 1 saturated heterocycles. The second kappa shape index (κ2) is 4.69. The highest BCUT2D eigenvalue weighted by Crippen LogP contribution is 2.32. The summed E-state index contributed by atoms with van der Waals surface area (Å²) >= 11 is 5.01. The van der Waals surface area contributed by atoms with Crippen LogP contribution in [0.1, 0.15) is 32.9 Å². The number of anilines is 1. The van der Waals surface area contributed by atoms with E-state index in [1.165, 1.54) is 0 Å². The zero-order valence-corrected chi connectivity index (χ0v) is 12.8. The number of rotatable bonds is 2. The fourth-order valence-corrected chi connectivity index (χ4v) is 3.31. The van der Waals surface area contributed by atoms with E-state index in [0.717, 1.165) is 22.7 Å². The second-order valence-electron chi connectivity index (χ2n) is 5.49. The average Bonchev–Trinajstić information content (AvgIpc) is 2.82. The summed E-state index contributed by atoms with van der Waals surface area (Å²) in [5, 5.41) is 3.79. The summed E-state index contributed by atoms with van der Waals surface area (Å²) in [5.41, 5.74) is 1.11. The molecule has 0 aliphatic carbocycles. The summed E-state index contributed by atoms with van der Waals surface area (Å²) in [6.07, 6.45) is 0.635. The van der Waals surface area contributed by atoms with Crippen LogP contribution in [0.25, 0.3) is 0 Å². The number of halogens is 1. The predicted molar refractivity (Wildman–Crippen MR) is 75.1 cm³/mol. The van der Waals surface area contributed by atoms with Crippen LogP contribution >= 0.6 is 27.3 Å². The summed E-state index contributed by atoms with van der Waals surface area (Å²) in [6, 6.07) is 0. The fourth-order valence-electron chi connectivity index (χ4n) is 1.80. The molecule has 1 amide bonds. The predicted octanol–water partition coefficient (Wildman–Crippen LogP) is 3.19. The van der Waals surface area contributed by atoms with Crippen LogP contribution in [-0.2, 0) is 10.2 Å². The van der Waals surface area contributed by atoms with Gasteiger partial charge in [0, 0.05) is 29.1 Å². The Morgan fingerprint density at radius 1 is 1.59 bits per heavy atom. The van der Waals surface area contributed by atoms with Gasteiger partial charge in [-0.05, 0) is 5.92 Å². The molecule has 1 aliphatic rings. The maximum absolute atomic E-state index is 11.9. The summed E-state index contributed by atoms with van der Waals surface area (Å²) < 4.78 is 0. The third-order valence-corrected chi connectivity index (χ3v) is 4.69. The molecular formula is C12H17BrN2OS. The van der Waals surface area contributed by atoms with E-state index < -0.39 is 0 Å². The number of hydrogen-bond acceptors (Lipinski definition) is 3. The van der Waals surface area contributed by atoms with Crippen LogP contribution in [0.3, 0.4) is 0 Å². The van der Waals surface area contributed by atoms with Crippen molar-refractivity contribution in [3.8, 4) is 0 Å². The lowest BCUT2D eigenvalue weighted by atomic mass is 9.93. The zero-order chi connectivity index (χ0) is 12.6. The molecule has 1 aromatic rings. The van der Waals surface area contributed by atoms with E-state index in [9.17, 15) is 4.79 Å². The minimum absolute atomic E-state index is 0.0480. The van der Waals surface area contributed by atoms with Gasteiger partial charge in [0.2, 0.25) is 5.91 Å². The van der Waals surface area contributed by atoms with Gasteiger partial charge in [0.05, 0.1) is 5.69 Å². The average molecular weight is 317 g/mol. The molecule has 0 radical (unpaired) electrons. The maximum atomic E-state index is 11.9. The second-order valence-corrected chi connectivity index (χ2v) is 6.98. The first-order valence-electron chi connectivity index (χ1n) is 5.74. The van der Waals surface area contributed by atoms with Gasteiger partial charge in [-0.1, -0.05) is 36.7 Å². The molecular weight excluding hydrogens is 300 g/mol. The van der Waals surface area contributed by atoms with Crippen molar-refractivity contribution in [3.05, 3.63) is 11.1 Å². The molecule has 0 aromatic carbocycles. The standard InChI is InChI=1S/C12H17BrN2OS/c1-12(2,3)9-7-17-11(14-9)15-6-8(5-13)4-10(15)16/h7-8H,4-6H2,1-3H3. The number of amides is 1. The first-order valence-corrected chi connectivity index (χ1v) is 7.74. The number of thiazole rings is 1. The van der Waals surface area contributed by atoms with Gasteiger partial charge in [-0.3, -0.25) is 9.69 Å². The van der Waals surface area contributed by atoms with Crippen molar-refractivity contribution in [3.63, 3.8) is 0 Å². The van der Waals surface area contributed by atoms with Crippen molar-refractivity contribution < 1.29 is 4.79 Å². The Kier molecular flexibility index (Phi) is 3.59. The Hall–Kier alpha value is -0.420. The van der Waals surface area contributed by atoms with Gasteiger partial charge in [-0.25, -0.2) is 4.98 Å². The monoisotopic (exact) mass is 316 g/mol. The van der Waals surface area contributed by atoms with E-state index in [1.54, 1.807) is 11.3 Å². The van der Waals surface area contributed by atoms with Gasteiger partial charge < -0.3 is 0 Å². The highest BCUT2D eigenvalue weighted by atomic mass is 79.9. The van der Waals surface area contributed by atoms with Gasteiger partial charge in [0.15, 0.2) is 5.13 Å². The van der Waals surface area contributed by atoms with E-state index in [4.69, 9.17) is 0 Å². The van der Waals surface area contributed by atoms with Crippen LogP contribution < -0.4 is 4.90 Å². The Morgan fingerprint density at radius 2 is 2.29 bits per heavy atom. The first kappa shape index (κ1) is 13.0. The lowest BCUT2D eigenvalue weighted by molar-refractivity contribution is -0.117. The smallest absolute Gasteiger partial charge is 0.229 e. The lowest BCUT2D eigenvalue weighted by Crippen LogP contribution is -2.25. The molecule has 94 valence electrons. The van der Waals surface area contributed by atoms with Crippen molar-refractivity contribution >= 4 is 38.3 Å². The van der Waals surface area contributed by atoms with Crippen LogP contribution in [0, 0.1) is 5.92 Å². The van der Waals surface area contributed by atoms with E-state index in [-0.39, 0.29) is 11.3 Å². The minimum Gasteiger partial charge on any atom is -0.288 e. The van der Waals surface area contributed by atoms with Gasteiger partial charge in [0.25, 0.3) is 0 Å². The molecule has 2 heterocycles. The topological polar surface area (TPSA) is 33.2 Å². The molecule has 1 fully saturated rings. The molecule has 3 nitrogen and oxygen atoms in total. The lowest BCUT2D eigenvalue weighted by Gasteiger charge is -2.15. The summed E-state index contributed by atoms with van der Waals surface area (Å²) in [5.74, 6) is 0.619. The molecule has 1 atom stereocenters. The van der Waals surface area contributed by atoms with E-state index in [2.05, 4.69) is 47.1 Å². The maximum Gasteiger partial charge on any atom is 0.229 e. The molecule has 1 aromatic heterocycles. The SMILES string of the molecule is CC(C)(C)c1csc(N2CC(CBr)CC2=O)n1. The van der Waals surface area contributed by atoms with Crippen molar-refractivity contribution in [1.82, 2.24) is 4.98 Å². The summed E-state index contributed by atoms with van der Waals surface area (Å²) in [6.45, 7) is 7.21. The van der Waals surface area contributed by atoms with Crippen molar-refractivity contribution in [2.75, 3.05) is 16.8 Å². The fraction of sp³-hybridized carbons (Fsp3) is 0.667. The van der Waals surface area contributed by atoms with Crippen LogP contribution in [0.15, 0.2) is 5.38 Å². The third kappa shape index (κ3) is 2.71. The Bertz CT molecular complexity index is 424. The van der Waals surface area contributed by atoms with Gasteiger partial charge in [0.1, 0.15) is 0 Å². The van der Waals surface area contributed by atoms with E-state index in [0.29, 0.717) is 12.3 Å². The number of alkyl halides is 1. The number of aromatic nitrogens is 1. The van der Waals surface area contributed by atoms with Crippen LogP contribution in [0.2, 0.25) is 0 Å².